The molecule has 1 fully saturated rings. The standard InChI is InChI=1S/C13H15BrFNO2/c1-18-13(17)9-4-6-16(7-5-9)10-2-3-11(14)12(15)8-10/h2-3,8-9H,4-7H2,1H3. The van der Waals surface area contributed by atoms with Gasteiger partial charge < -0.3 is 9.64 Å². The Morgan fingerprint density at radius 1 is 1.44 bits per heavy atom. The van der Waals surface area contributed by atoms with E-state index in [1.165, 1.54) is 13.2 Å². The van der Waals surface area contributed by atoms with Crippen LogP contribution in [0.4, 0.5) is 10.1 Å². The Hall–Kier alpha value is -1.10. The molecule has 18 heavy (non-hydrogen) atoms. The third kappa shape index (κ3) is 2.83. The fourth-order valence-electron chi connectivity index (χ4n) is 2.22. The number of piperidine rings is 1. The quantitative estimate of drug-likeness (QED) is 0.786. The van der Waals surface area contributed by atoms with E-state index in [1.54, 1.807) is 6.07 Å². The maximum Gasteiger partial charge on any atom is 0.308 e. The molecule has 0 saturated carbocycles. The Morgan fingerprint density at radius 3 is 2.67 bits per heavy atom. The number of esters is 1. The van der Waals surface area contributed by atoms with Gasteiger partial charge in [-0.15, -0.1) is 0 Å². The van der Waals surface area contributed by atoms with E-state index < -0.39 is 0 Å². The smallest absolute Gasteiger partial charge is 0.308 e. The second-order valence-corrected chi connectivity index (χ2v) is 5.24. The van der Waals surface area contributed by atoms with Gasteiger partial charge in [-0.3, -0.25) is 4.79 Å². The Labute approximate surface area is 114 Å². The highest BCUT2D eigenvalue weighted by molar-refractivity contribution is 9.10. The summed E-state index contributed by atoms with van der Waals surface area (Å²) in [6.07, 6.45) is 1.51. The molecule has 1 aromatic rings. The molecular formula is C13H15BrFNO2. The number of carbonyl (C=O) groups excluding carboxylic acids is 1. The van der Waals surface area contributed by atoms with E-state index in [-0.39, 0.29) is 17.7 Å². The molecule has 0 spiro atoms. The minimum absolute atomic E-state index is 0.0217. The van der Waals surface area contributed by atoms with Crippen molar-refractivity contribution in [3.8, 4) is 0 Å². The van der Waals surface area contributed by atoms with Crippen molar-refractivity contribution in [2.24, 2.45) is 5.92 Å². The molecule has 0 amide bonds. The molecule has 1 saturated heterocycles. The monoisotopic (exact) mass is 315 g/mol. The number of anilines is 1. The number of halogens is 2. The summed E-state index contributed by atoms with van der Waals surface area (Å²) in [6, 6.07) is 5.10. The Bertz CT molecular complexity index is 445. The van der Waals surface area contributed by atoms with E-state index in [2.05, 4.69) is 20.8 Å². The van der Waals surface area contributed by atoms with E-state index >= 15 is 0 Å². The second-order valence-electron chi connectivity index (χ2n) is 4.38. The largest absolute Gasteiger partial charge is 0.469 e. The maximum atomic E-state index is 13.4. The molecule has 3 nitrogen and oxygen atoms in total. The van der Waals surface area contributed by atoms with Crippen molar-refractivity contribution >= 4 is 27.6 Å². The summed E-state index contributed by atoms with van der Waals surface area (Å²) >= 11 is 3.14. The minimum Gasteiger partial charge on any atom is -0.469 e. The van der Waals surface area contributed by atoms with Crippen LogP contribution in [0.15, 0.2) is 22.7 Å². The molecule has 0 radical (unpaired) electrons. The van der Waals surface area contributed by atoms with Crippen LogP contribution in [0.25, 0.3) is 0 Å². The summed E-state index contributed by atoms with van der Waals surface area (Å²) in [5.41, 5.74) is 0.860. The van der Waals surface area contributed by atoms with E-state index in [0.717, 1.165) is 31.6 Å². The predicted octanol–water partition coefficient (Wildman–Crippen LogP) is 2.98. The van der Waals surface area contributed by atoms with E-state index in [0.29, 0.717) is 4.47 Å². The number of benzene rings is 1. The van der Waals surface area contributed by atoms with Crippen molar-refractivity contribution in [3.63, 3.8) is 0 Å². The number of rotatable bonds is 2. The Kier molecular flexibility index (Phi) is 4.22. The summed E-state index contributed by atoms with van der Waals surface area (Å²) < 4.78 is 18.7. The molecule has 2 rings (SSSR count). The second kappa shape index (κ2) is 5.69. The fraction of sp³-hybridized carbons (Fsp3) is 0.462. The van der Waals surface area contributed by atoms with Crippen LogP contribution in [0.2, 0.25) is 0 Å². The van der Waals surface area contributed by atoms with Crippen molar-refractivity contribution < 1.29 is 13.9 Å². The van der Waals surface area contributed by atoms with Gasteiger partial charge in [0.2, 0.25) is 0 Å². The fourth-order valence-corrected chi connectivity index (χ4v) is 2.47. The van der Waals surface area contributed by atoms with Crippen LogP contribution < -0.4 is 4.90 Å². The van der Waals surface area contributed by atoms with Gasteiger partial charge in [0, 0.05) is 18.8 Å². The number of methoxy groups -OCH3 is 1. The molecule has 0 atom stereocenters. The average Bonchev–Trinajstić information content (AvgIpc) is 2.41. The molecule has 1 aromatic carbocycles. The molecular weight excluding hydrogens is 301 g/mol. The first-order chi connectivity index (χ1) is 8.61. The molecule has 1 aliphatic rings. The Balaban J connectivity index is 2.01. The van der Waals surface area contributed by atoms with Crippen molar-refractivity contribution in [1.82, 2.24) is 0 Å². The zero-order chi connectivity index (χ0) is 13.1. The van der Waals surface area contributed by atoms with Gasteiger partial charge in [-0.25, -0.2) is 4.39 Å². The van der Waals surface area contributed by atoms with Crippen LogP contribution in [0.1, 0.15) is 12.8 Å². The van der Waals surface area contributed by atoms with Gasteiger partial charge in [-0.05, 0) is 47.0 Å². The minimum atomic E-state index is -0.261. The Morgan fingerprint density at radius 2 is 2.11 bits per heavy atom. The summed E-state index contributed by atoms with van der Waals surface area (Å²) in [5.74, 6) is -0.425. The van der Waals surface area contributed by atoms with Crippen LogP contribution in [-0.2, 0) is 9.53 Å². The lowest BCUT2D eigenvalue weighted by Crippen LogP contribution is -2.36. The zero-order valence-corrected chi connectivity index (χ0v) is 11.7. The van der Waals surface area contributed by atoms with Crippen LogP contribution in [0, 0.1) is 11.7 Å². The van der Waals surface area contributed by atoms with E-state index in [9.17, 15) is 9.18 Å². The number of nitrogens with zero attached hydrogens (tertiary/aromatic N) is 1. The normalized spacial score (nSPS) is 16.7. The first-order valence-electron chi connectivity index (χ1n) is 5.89. The topological polar surface area (TPSA) is 29.5 Å². The first kappa shape index (κ1) is 13.3. The van der Waals surface area contributed by atoms with Gasteiger partial charge in [-0.1, -0.05) is 0 Å². The highest BCUT2D eigenvalue weighted by atomic mass is 79.9. The van der Waals surface area contributed by atoms with Crippen molar-refractivity contribution in [3.05, 3.63) is 28.5 Å². The van der Waals surface area contributed by atoms with Crippen molar-refractivity contribution in [2.75, 3.05) is 25.1 Å². The highest BCUT2D eigenvalue weighted by Crippen LogP contribution is 2.27. The molecule has 1 aliphatic heterocycles. The third-order valence-corrected chi connectivity index (χ3v) is 3.94. The molecule has 5 heteroatoms. The third-order valence-electron chi connectivity index (χ3n) is 3.30. The number of ether oxygens (including phenoxy) is 1. The summed E-state index contributed by atoms with van der Waals surface area (Å²) in [7, 11) is 1.42. The first-order valence-corrected chi connectivity index (χ1v) is 6.69. The molecule has 0 aliphatic carbocycles. The summed E-state index contributed by atoms with van der Waals surface area (Å²) in [6.45, 7) is 1.50. The average molecular weight is 316 g/mol. The van der Waals surface area contributed by atoms with Gasteiger partial charge >= 0.3 is 5.97 Å². The van der Waals surface area contributed by atoms with Gasteiger partial charge in [0.25, 0.3) is 0 Å². The SMILES string of the molecule is COC(=O)C1CCN(c2ccc(Br)c(F)c2)CC1. The lowest BCUT2D eigenvalue weighted by Gasteiger charge is -2.32. The molecule has 0 bridgehead atoms. The van der Waals surface area contributed by atoms with E-state index in [1.807, 2.05) is 6.07 Å². The summed E-state index contributed by atoms with van der Waals surface area (Å²) in [4.78, 5) is 13.5. The van der Waals surface area contributed by atoms with Crippen LogP contribution in [0.5, 0.6) is 0 Å². The van der Waals surface area contributed by atoms with Crippen molar-refractivity contribution in [2.45, 2.75) is 12.8 Å². The van der Waals surface area contributed by atoms with Gasteiger partial charge in [0.1, 0.15) is 5.82 Å². The molecule has 0 N–H and O–H groups in total. The van der Waals surface area contributed by atoms with Gasteiger partial charge in [0.15, 0.2) is 0 Å². The number of hydrogen-bond acceptors (Lipinski definition) is 3. The maximum absolute atomic E-state index is 13.4. The number of hydrogen-bond donors (Lipinski definition) is 0. The highest BCUT2D eigenvalue weighted by Gasteiger charge is 2.25. The van der Waals surface area contributed by atoms with E-state index in [4.69, 9.17) is 4.74 Å². The van der Waals surface area contributed by atoms with Crippen LogP contribution in [0.3, 0.4) is 0 Å². The van der Waals surface area contributed by atoms with Gasteiger partial charge in [0.05, 0.1) is 17.5 Å². The van der Waals surface area contributed by atoms with Crippen LogP contribution >= 0.6 is 15.9 Å². The summed E-state index contributed by atoms with van der Waals surface area (Å²) in [5, 5.41) is 0. The predicted molar refractivity (Wildman–Crippen MR) is 71.1 cm³/mol. The van der Waals surface area contributed by atoms with Crippen LogP contribution in [-0.4, -0.2) is 26.2 Å². The molecule has 0 aromatic heterocycles. The lowest BCUT2D eigenvalue weighted by atomic mass is 9.96. The van der Waals surface area contributed by atoms with Gasteiger partial charge in [-0.2, -0.15) is 0 Å². The number of carbonyl (C=O) groups is 1. The molecule has 98 valence electrons. The zero-order valence-electron chi connectivity index (χ0n) is 10.2. The molecule has 1 heterocycles. The lowest BCUT2D eigenvalue weighted by molar-refractivity contribution is -0.146. The van der Waals surface area contributed by atoms with Crippen molar-refractivity contribution in [1.29, 1.82) is 0 Å². The molecule has 0 unspecified atom stereocenters.